The molecule has 1 aliphatic rings. The number of aryl methyl sites for hydroxylation is 1. The van der Waals surface area contributed by atoms with Gasteiger partial charge in [0, 0.05) is 28.4 Å². The third-order valence-corrected chi connectivity index (χ3v) is 4.77. The number of rotatable bonds is 3. The summed E-state index contributed by atoms with van der Waals surface area (Å²) in [5.74, 6) is -0.224. The van der Waals surface area contributed by atoms with Crippen molar-refractivity contribution >= 4 is 22.5 Å². The van der Waals surface area contributed by atoms with Gasteiger partial charge in [0.05, 0.1) is 6.61 Å². The molecule has 5 heteroatoms. The average Bonchev–Trinajstić information content (AvgIpc) is 2.67. The number of anilines is 1. The van der Waals surface area contributed by atoms with Crippen molar-refractivity contribution in [2.45, 2.75) is 25.9 Å². The molecule has 1 unspecified atom stereocenters. The van der Waals surface area contributed by atoms with Crippen LogP contribution in [0.5, 0.6) is 0 Å². The summed E-state index contributed by atoms with van der Waals surface area (Å²) in [5.41, 5.74) is 4.25. The standard InChI is InChI=1S/C21H20N2O3/c1-2-14-12-19(24)17-11-15(7-8-18(17)22-14)23-21(25)20-16-6-4-3-5-13(16)9-10-26-20/h3-8,11-12,20H,2,9-10H2,1H3,(H,22,24)(H,23,25). The molecule has 2 aromatic carbocycles. The highest BCUT2D eigenvalue weighted by Crippen LogP contribution is 2.28. The van der Waals surface area contributed by atoms with E-state index in [0.717, 1.165) is 35.2 Å². The molecule has 26 heavy (non-hydrogen) atoms. The minimum absolute atomic E-state index is 0.0500. The number of fused-ring (bicyclic) bond motifs is 2. The van der Waals surface area contributed by atoms with E-state index in [1.165, 1.54) is 0 Å². The molecular formula is C21H20N2O3. The maximum absolute atomic E-state index is 12.7. The predicted molar refractivity (Wildman–Crippen MR) is 101 cm³/mol. The number of H-pyrrole nitrogens is 1. The van der Waals surface area contributed by atoms with Gasteiger partial charge in [-0.1, -0.05) is 31.2 Å². The lowest BCUT2D eigenvalue weighted by atomic mass is 9.97. The molecule has 1 aromatic heterocycles. The summed E-state index contributed by atoms with van der Waals surface area (Å²) in [6, 6.07) is 14.8. The third kappa shape index (κ3) is 3.02. The van der Waals surface area contributed by atoms with Gasteiger partial charge in [-0.2, -0.15) is 0 Å². The number of carbonyl (C=O) groups is 1. The molecule has 132 valence electrons. The molecule has 5 nitrogen and oxygen atoms in total. The molecule has 0 bridgehead atoms. The van der Waals surface area contributed by atoms with E-state index in [1.54, 1.807) is 18.2 Å². The van der Waals surface area contributed by atoms with E-state index < -0.39 is 6.10 Å². The third-order valence-electron chi connectivity index (χ3n) is 4.77. The number of benzene rings is 2. The Balaban J connectivity index is 1.63. The smallest absolute Gasteiger partial charge is 0.258 e. The Morgan fingerprint density at radius 1 is 1.23 bits per heavy atom. The Labute approximate surface area is 151 Å². The van der Waals surface area contributed by atoms with Gasteiger partial charge in [-0.05, 0) is 42.2 Å². The van der Waals surface area contributed by atoms with Gasteiger partial charge < -0.3 is 15.0 Å². The number of amides is 1. The molecule has 1 amide bonds. The second-order valence-electron chi connectivity index (χ2n) is 6.46. The predicted octanol–water partition coefficient (Wildman–Crippen LogP) is 3.34. The Bertz CT molecular complexity index is 1040. The van der Waals surface area contributed by atoms with E-state index in [0.29, 0.717) is 17.7 Å². The lowest BCUT2D eigenvalue weighted by molar-refractivity contribution is -0.128. The van der Waals surface area contributed by atoms with Gasteiger partial charge in [0.2, 0.25) is 0 Å². The molecule has 0 spiro atoms. The SMILES string of the molecule is CCc1cc(=O)c2cc(NC(=O)C3OCCc4ccccc43)ccc2[nH]1. The number of nitrogens with one attached hydrogen (secondary N) is 2. The largest absolute Gasteiger partial charge is 0.363 e. The van der Waals surface area contributed by atoms with Crippen molar-refractivity contribution in [1.29, 1.82) is 0 Å². The zero-order valence-electron chi connectivity index (χ0n) is 14.5. The van der Waals surface area contributed by atoms with Crippen molar-refractivity contribution in [3.8, 4) is 0 Å². The molecule has 1 aliphatic heterocycles. The van der Waals surface area contributed by atoms with Gasteiger partial charge >= 0.3 is 0 Å². The maximum Gasteiger partial charge on any atom is 0.258 e. The molecular weight excluding hydrogens is 328 g/mol. The van der Waals surface area contributed by atoms with Crippen LogP contribution in [0.2, 0.25) is 0 Å². The van der Waals surface area contributed by atoms with Crippen LogP contribution in [-0.2, 0) is 22.4 Å². The zero-order valence-corrected chi connectivity index (χ0v) is 14.5. The Kier molecular flexibility index (Phi) is 4.31. The van der Waals surface area contributed by atoms with Crippen LogP contribution in [0.3, 0.4) is 0 Å². The van der Waals surface area contributed by atoms with Gasteiger partial charge in [0.25, 0.3) is 5.91 Å². The first-order valence-corrected chi connectivity index (χ1v) is 8.82. The van der Waals surface area contributed by atoms with Gasteiger partial charge in [0.1, 0.15) is 0 Å². The number of ether oxygens (including phenoxy) is 1. The Morgan fingerprint density at radius 3 is 2.92 bits per heavy atom. The number of carbonyl (C=O) groups excluding carboxylic acids is 1. The van der Waals surface area contributed by atoms with Gasteiger partial charge in [-0.3, -0.25) is 9.59 Å². The number of aromatic nitrogens is 1. The zero-order chi connectivity index (χ0) is 18.1. The van der Waals surface area contributed by atoms with E-state index in [9.17, 15) is 9.59 Å². The Morgan fingerprint density at radius 2 is 2.08 bits per heavy atom. The number of pyridine rings is 1. The summed E-state index contributed by atoms with van der Waals surface area (Å²) < 4.78 is 5.70. The molecule has 3 aromatic rings. The van der Waals surface area contributed by atoms with Crippen LogP contribution in [0.15, 0.2) is 53.3 Å². The maximum atomic E-state index is 12.7. The first kappa shape index (κ1) is 16.5. The molecule has 0 fully saturated rings. The summed E-state index contributed by atoms with van der Waals surface area (Å²) >= 11 is 0. The van der Waals surface area contributed by atoms with Crippen molar-refractivity contribution in [1.82, 2.24) is 4.98 Å². The first-order valence-electron chi connectivity index (χ1n) is 8.82. The van der Waals surface area contributed by atoms with Crippen molar-refractivity contribution in [2.24, 2.45) is 0 Å². The van der Waals surface area contributed by atoms with Gasteiger partial charge in [0.15, 0.2) is 11.5 Å². The molecule has 4 rings (SSSR count). The molecule has 0 aliphatic carbocycles. The topological polar surface area (TPSA) is 71.2 Å². The summed E-state index contributed by atoms with van der Waals surface area (Å²) in [6.07, 6.45) is 0.948. The van der Waals surface area contributed by atoms with E-state index in [1.807, 2.05) is 37.3 Å². The monoisotopic (exact) mass is 348 g/mol. The van der Waals surface area contributed by atoms with Crippen LogP contribution >= 0.6 is 0 Å². The number of hydrogen-bond donors (Lipinski definition) is 2. The molecule has 2 heterocycles. The fourth-order valence-electron chi connectivity index (χ4n) is 3.39. The van der Waals surface area contributed by atoms with E-state index >= 15 is 0 Å². The summed E-state index contributed by atoms with van der Waals surface area (Å²) in [6.45, 7) is 2.51. The lowest BCUT2D eigenvalue weighted by Gasteiger charge is -2.25. The van der Waals surface area contributed by atoms with Crippen molar-refractivity contribution < 1.29 is 9.53 Å². The number of hydrogen-bond acceptors (Lipinski definition) is 3. The van der Waals surface area contributed by atoms with Gasteiger partial charge in [-0.25, -0.2) is 0 Å². The van der Waals surface area contributed by atoms with Crippen molar-refractivity contribution in [2.75, 3.05) is 11.9 Å². The van der Waals surface area contributed by atoms with Crippen molar-refractivity contribution in [3.05, 3.63) is 75.6 Å². The normalized spacial score (nSPS) is 16.3. The van der Waals surface area contributed by atoms with Crippen LogP contribution in [0.4, 0.5) is 5.69 Å². The fraction of sp³-hybridized carbons (Fsp3) is 0.238. The molecule has 2 N–H and O–H groups in total. The summed E-state index contributed by atoms with van der Waals surface area (Å²) in [4.78, 5) is 28.3. The van der Waals surface area contributed by atoms with Crippen LogP contribution < -0.4 is 10.7 Å². The molecule has 0 saturated carbocycles. The van der Waals surface area contributed by atoms with E-state index in [4.69, 9.17) is 4.74 Å². The van der Waals surface area contributed by atoms with Crippen molar-refractivity contribution in [3.63, 3.8) is 0 Å². The Hall–Kier alpha value is -2.92. The average molecular weight is 348 g/mol. The minimum Gasteiger partial charge on any atom is -0.363 e. The second kappa shape index (κ2) is 6.77. The second-order valence-corrected chi connectivity index (χ2v) is 6.46. The van der Waals surface area contributed by atoms with E-state index in [2.05, 4.69) is 10.3 Å². The van der Waals surface area contributed by atoms with Crippen LogP contribution in [0, 0.1) is 0 Å². The van der Waals surface area contributed by atoms with E-state index in [-0.39, 0.29) is 11.3 Å². The first-order chi connectivity index (χ1) is 12.7. The van der Waals surface area contributed by atoms with Crippen LogP contribution in [-0.4, -0.2) is 17.5 Å². The minimum atomic E-state index is -0.628. The fourth-order valence-corrected chi connectivity index (χ4v) is 3.39. The highest BCUT2D eigenvalue weighted by Gasteiger charge is 2.27. The van der Waals surface area contributed by atoms with Crippen LogP contribution in [0.1, 0.15) is 29.8 Å². The summed E-state index contributed by atoms with van der Waals surface area (Å²) in [5, 5.41) is 3.44. The van der Waals surface area contributed by atoms with Gasteiger partial charge in [-0.15, -0.1) is 0 Å². The molecule has 1 atom stereocenters. The molecule has 0 radical (unpaired) electrons. The van der Waals surface area contributed by atoms with Crippen LogP contribution in [0.25, 0.3) is 10.9 Å². The number of aromatic amines is 1. The quantitative estimate of drug-likeness (QED) is 0.762. The highest BCUT2D eigenvalue weighted by molar-refractivity contribution is 5.97. The molecule has 0 saturated heterocycles. The summed E-state index contributed by atoms with van der Waals surface area (Å²) in [7, 11) is 0. The highest BCUT2D eigenvalue weighted by atomic mass is 16.5. The lowest BCUT2D eigenvalue weighted by Crippen LogP contribution is -2.28.